The van der Waals surface area contributed by atoms with Gasteiger partial charge in [-0.1, -0.05) is 24.1 Å². The largest absolute Gasteiger partial charge is 0.352 e. The Kier molecular flexibility index (Phi) is 4.23. The van der Waals surface area contributed by atoms with Crippen LogP contribution in [0.2, 0.25) is 0 Å². The van der Waals surface area contributed by atoms with Crippen molar-refractivity contribution in [3.05, 3.63) is 48.4 Å². The summed E-state index contributed by atoms with van der Waals surface area (Å²) in [5, 5.41) is 5.18. The van der Waals surface area contributed by atoms with Crippen molar-refractivity contribution in [3.63, 3.8) is 0 Å². The molecule has 4 rings (SSSR count). The van der Waals surface area contributed by atoms with Crippen molar-refractivity contribution in [3.8, 4) is 11.8 Å². The number of hydrogen-bond acceptors (Lipinski definition) is 5. The van der Waals surface area contributed by atoms with Crippen LogP contribution in [0.25, 0.3) is 11.0 Å². The smallest absolute Gasteiger partial charge is 0.298 e. The number of fused-ring (bicyclic) bond motifs is 1. The summed E-state index contributed by atoms with van der Waals surface area (Å²) in [4.78, 5) is 25.0. The normalized spacial score (nSPS) is 14.2. The third-order valence-electron chi connectivity index (χ3n) is 4.46. The quantitative estimate of drug-likeness (QED) is 0.617. The van der Waals surface area contributed by atoms with Crippen molar-refractivity contribution < 1.29 is 4.79 Å². The van der Waals surface area contributed by atoms with Gasteiger partial charge in [0.25, 0.3) is 5.91 Å². The monoisotopic (exact) mass is 346 g/mol. The minimum Gasteiger partial charge on any atom is -0.352 e. The van der Waals surface area contributed by atoms with E-state index in [4.69, 9.17) is 0 Å². The van der Waals surface area contributed by atoms with Crippen LogP contribution in [0, 0.1) is 11.8 Å². The zero-order valence-electron chi connectivity index (χ0n) is 14.5. The highest BCUT2D eigenvalue weighted by molar-refractivity contribution is 5.94. The van der Waals surface area contributed by atoms with Crippen LogP contribution in [0.5, 0.6) is 0 Å². The molecule has 1 saturated heterocycles. The van der Waals surface area contributed by atoms with Crippen LogP contribution in [0.3, 0.4) is 0 Å². The van der Waals surface area contributed by atoms with E-state index < -0.39 is 0 Å². The molecule has 7 heteroatoms. The number of piperazine rings is 1. The van der Waals surface area contributed by atoms with Crippen LogP contribution >= 0.6 is 0 Å². The zero-order chi connectivity index (χ0) is 17.9. The molecule has 0 aliphatic carbocycles. The van der Waals surface area contributed by atoms with Crippen LogP contribution in [-0.2, 0) is 11.8 Å². The molecule has 0 bridgehead atoms. The number of rotatable bonds is 1. The van der Waals surface area contributed by atoms with Crippen molar-refractivity contribution in [2.24, 2.45) is 7.05 Å². The number of nitrogens with zero attached hydrogens (tertiary/aromatic N) is 6. The van der Waals surface area contributed by atoms with E-state index in [0.717, 1.165) is 22.4 Å². The number of carbonyl (C=O) groups is 1. The van der Waals surface area contributed by atoms with Gasteiger partial charge < -0.3 is 9.80 Å². The molecular weight excluding hydrogens is 328 g/mol. The van der Waals surface area contributed by atoms with E-state index in [2.05, 4.69) is 31.8 Å². The van der Waals surface area contributed by atoms with Gasteiger partial charge in [-0.15, -0.1) is 0 Å². The van der Waals surface area contributed by atoms with Gasteiger partial charge in [-0.05, 0) is 12.1 Å². The first-order valence-corrected chi connectivity index (χ1v) is 8.46. The number of aryl methyl sites for hydroxylation is 1. The van der Waals surface area contributed by atoms with Crippen LogP contribution in [0.15, 0.2) is 42.9 Å². The summed E-state index contributed by atoms with van der Waals surface area (Å²) in [6, 6.07) is 9.54. The van der Waals surface area contributed by atoms with Crippen LogP contribution in [0.1, 0.15) is 5.56 Å². The van der Waals surface area contributed by atoms with Gasteiger partial charge in [0.1, 0.15) is 12.1 Å². The summed E-state index contributed by atoms with van der Waals surface area (Å²) in [6.45, 7) is 2.65. The first-order valence-electron chi connectivity index (χ1n) is 8.46. The van der Waals surface area contributed by atoms with Crippen molar-refractivity contribution in [1.29, 1.82) is 0 Å². The molecule has 0 radical (unpaired) electrons. The number of carbonyl (C=O) groups excluding carboxylic acids is 1. The van der Waals surface area contributed by atoms with E-state index in [1.54, 1.807) is 22.1 Å². The van der Waals surface area contributed by atoms with E-state index in [1.807, 2.05) is 37.4 Å². The second-order valence-electron chi connectivity index (χ2n) is 6.10. The lowest BCUT2D eigenvalue weighted by molar-refractivity contribution is -0.125. The Bertz CT molecular complexity index is 993. The fraction of sp³-hybridized carbons (Fsp3) is 0.263. The average Bonchev–Trinajstić information content (AvgIpc) is 3.08. The predicted molar refractivity (Wildman–Crippen MR) is 98.4 cm³/mol. The SMILES string of the molecule is Cn1ncc2c(N3CCN(C(=O)C#Cc4ccccc4)CC3)ncnc21. The molecule has 1 aromatic carbocycles. The summed E-state index contributed by atoms with van der Waals surface area (Å²) < 4.78 is 1.74. The van der Waals surface area contributed by atoms with Crippen LogP contribution in [0.4, 0.5) is 5.82 Å². The Morgan fingerprint density at radius 3 is 2.62 bits per heavy atom. The van der Waals surface area contributed by atoms with Gasteiger partial charge in [-0.2, -0.15) is 5.10 Å². The highest BCUT2D eigenvalue weighted by atomic mass is 16.2. The Hall–Kier alpha value is -3.40. The van der Waals surface area contributed by atoms with E-state index in [9.17, 15) is 4.79 Å². The van der Waals surface area contributed by atoms with Crippen molar-refractivity contribution in [2.75, 3.05) is 31.1 Å². The average molecular weight is 346 g/mol. The molecule has 26 heavy (non-hydrogen) atoms. The van der Waals surface area contributed by atoms with E-state index in [0.29, 0.717) is 26.2 Å². The first-order chi connectivity index (χ1) is 12.7. The molecule has 0 saturated carbocycles. The molecule has 2 aromatic heterocycles. The van der Waals surface area contributed by atoms with E-state index in [1.165, 1.54) is 0 Å². The number of benzene rings is 1. The summed E-state index contributed by atoms with van der Waals surface area (Å²) >= 11 is 0. The number of amides is 1. The maximum atomic E-state index is 12.3. The van der Waals surface area contributed by atoms with Gasteiger partial charge in [0.2, 0.25) is 0 Å². The number of hydrogen-bond donors (Lipinski definition) is 0. The molecule has 1 aliphatic rings. The Labute approximate surface area is 151 Å². The van der Waals surface area contributed by atoms with Crippen molar-refractivity contribution in [1.82, 2.24) is 24.6 Å². The van der Waals surface area contributed by atoms with E-state index in [-0.39, 0.29) is 5.91 Å². The van der Waals surface area contributed by atoms with Crippen LogP contribution < -0.4 is 4.90 Å². The van der Waals surface area contributed by atoms with Gasteiger partial charge in [-0.3, -0.25) is 9.48 Å². The molecule has 7 nitrogen and oxygen atoms in total. The molecule has 3 aromatic rings. The van der Waals surface area contributed by atoms with Gasteiger partial charge in [-0.25, -0.2) is 9.97 Å². The molecule has 0 atom stereocenters. The highest BCUT2D eigenvalue weighted by Crippen LogP contribution is 2.23. The molecule has 0 spiro atoms. The summed E-state index contributed by atoms with van der Waals surface area (Å²) in [5.41, 5.74) is 1.65. The predicted octanol–water partition coefficient (Wildman–Crippen LogP) is 1.06. The highest BCUT2D eigenvalue weighted by Gasteiger charge is 2.23. The van der Waals surface area contributed by atoms with Crippen molar-refractivity contribution in [2.45, 2.75) is 0 Å². The third-order valence-corrected chi connectivity index (χ3v) is 4.46. The molecule has 0 unspecified atom stereocenters. The number of anilines is 1. The van der Waals surface area contributed by atoms with Gasteiger partial charge in [0.15, 0.2) is 5.65 Å². The fourth-order valence-electron chi connectivity index (χ4n) is 3.05. The standard InChI is InChI=1S/C19H18N6O/c1-23-18-16(13-22-23)19(21-14-20-18)25-11-9-24(10-12-25)17(26)8-7-15-5-3-2-4-6-15/h2-6,13-14H,9-12H2,1H3. The molecular formula is C19H18N6O. The Morgan fingerprint density at radius 2 is 1.85 bits per heavy atom. The second kappa shape index (κ2) is 6.84. The lowest BCUT2D eigenvalue weighted by Crippen LogP contribution is -2.48. The summed E-state index contributed by atoms with van der Waals surface area (Å²) in [5.74, 6) is 6.39. The Morgan fingerprint density at radius 1 is 1.08 bits per heavy atom. The third kappa shape index (κ3) is 3.09. The molecule has 130 valence electrons. The second-order valence-corrected chi connectivity index (χ2v) is 6.10. The minimum atomic E-state index is -0.136. The molecule has 1 amide bonds. The topological polar surface area (TPSA) is 67.2 Å². The van der Waals surface area contributed by atoms with E-state index >= 15 is 0 Å². The lowest BCUT2D eigenvalue weighted by atomic mass is 10.2. The minimum absolute atomic E-state index is 0.136. The lowest BCUT2D eigenvalue weighted by Gasteiger charge is -2.34. The summed E-state index contributed by atoms with van der Waals surface area (Å²) in [7, 11) is 1.86. The first kappa shape index (κ1) is 16.1. The maximum Gasteiger partial charge on any atom is 0.298 e. The Balaban J connectivity index is 1.44. The van der Waals surface area contributed by atoms with Crippen LogP contribution in [-0.4, -0.2) is 56.7 Å². The zero-order valence-corrected chi connectivity index (χ0v) is 14.5. The number of aromatic nitrogens is 4. The molecule has 1 fully saturated rings. The maximum absolute atomic E-state index is 12.3. The van der Waals surface area contributed by atoms with Gasteiger partial charge in [0.05, 0.1) is 11.6 Å². The molecule has 3 heterocycles. The van der Waals surface area contributed by atoms with Gasteiger partial charge >= 0.3 is 0 Å². The fourth-order valence-corrected chi connectivity index (χ4v) is 3.05. The molecule has 1 aliphatic heterocycles. The van der Waals surface area contributed by atoms with Gasteiger partial charge in [0, 0.05) is 44.7 Å². The molecule has 0 N–H and O–H groups in total. The summed E-state index contributed by atoms with van der Waals surface area (Å²) in [6.07, 6.45) is 3.34. The van der Waals surface area contributed by atoms with Crippen molar-refractivity contribution >= 4 is 22.8 Å².